The van der Waals surface area contributed by atoms with Crippen LogP contribution in [0.5, 0.6) is 0 Å². The molecule has 2 nitrogen and oxygen atoms in total. The molecule has 0 saturated carbocycles. The van der Waals surface area contributed by atoms with Crippen molar-refractivity contribution in [1.82, 2.24) is 9.97 Å². The van der Waals surface area contributed by atoms with Crippen molar-refractivity contribution >= 4 is 49.2 Å². The van der Waals surface area contributed by atoms with E-state index in [-0.39, 0.29) is 20.1 Å². The third-order valence-corrected chi connectivity index (χ3v) is 13.3. The normalized spacial score (nSPS) is 11.8. The van der Waals surface area contributed by atoms with Crippen molar-refractivity contribution in [2.24, 2.45) is 0 Å². The second-order valence-electron chi connectivity index (χ2n) is 12.1. The summed E-state index contributed by atoms with van der Waals surface area (Å²) in [7, 11) is 0. The van der Waals surface area contributed by atoms with Gasteiger partial charge in [-0.15, -0.1) is 23.8 Å². The van der Waals surface area contributed by atoms with Gasteiger partial charge in [0.15, 0.2) is 0 Å². The summed E-state index contributed by atoms with van der Waals surface area (Å²) in [4.78, 5) is 9.15. The molecule has 4 aromatic carbocycles. The molecule has 0 unspecified atom stereocenters. The summed E-state index contributed by atoms with van der Waals surface area (Å²) in [6.45, 7) is 3.81. The van der Waals surface area contributed by atoms with E-state index in [0.29, 0.717) is 0 Å². The van der Waals surface area contributed by atoms with Crippen molar-refractivity contribution < 1.29 is 21.5 Å². The summed E-state index contributed by atoms with van der Waals surface area (Å²) in [5.41, 5.74) is 7.40. The zero-order valence-electron chi connectivity index (χ0n) is 27.2. The number of benzene rings is 4. The largest absolute Gasteiger partial charge is 0 e. The molecular weight excluding hydrogens is 805 g/mol. The predicted molar refractivity (Wildman–Crippen MR) is 192 cm³/mol. The molecule has 0 fully saturated rings. The van der Waals surface area contributed by atoms with Crippen LogP contribution in [0.3, 0.4) is 0 Å². The van der Waals surface area contributed by atoms with Gasteiger partial charge in [-0.3, -0.25) is 0 Å². The molecule has 0 atom stereocenters. The smallest absolute Gasteiger partial charge is 0 e. The minimum atomic E-state index is -1.72. The van der Waals surface area contributed by atoms with Crippen molar-refractivity contribution in [3.8, 4) is 33.6 Å². The van der Waals surface area contributed by atoms with Crippen LogP contribution in [0.2, 0.25) is 17.3 Å². The molecule has 0 aliphatic carbocycles. The Morgan fingerprint density at radius 2 is 1.51 bits per heavy atom. The van der Waals surface area contributed by atoms with Crippen LogP contribution in [0.15, 0.2) is 122 Å². The van der Waals surface area contributed by atoms with Crippen molar-refractivity contribution in [1.29, 1.82) is 0 Å². The van der Waals surface area contributed by atoms with Crippen LogP contribution >= 0.6 is 11.3 Å². The SMILES string of the molecule is [2H]C(C)(C)c1ccnc(-c2[c-]ccc3c2sc2c(-c4ccccc4)cccc23)c1.[CH3][Ge]([CH3])([CH3])[c]1ccc(-c2[c-]cccc2)nc1.[Ir]. The summed E-state index contributed by atoms with van der Waals surface area (Å²) in [6.07, 6.45) is 3.84. The number of hydrogen-bond acceptors (Lipinski definition) is 3. The van der Waals surface area contributed by atoms with E-state index in [0.717, 1.165) is 28.1 Å². The maximum absolute atomic E-state index is 8.37. The Bertz CT molecular complexity index is 2060. The molecule has 3 heterocycles. The number of hydrogen-bond donors (Lipinski definition) is 0. The van der Waals surface area contributed by atoms with Crippen LogP contribution in [-0.2, 0) is 20.1 Å². The molecule has 0 N–H and O–H groups in total. The number of nitrogens with zero attached hydrogens (tertiary/aromatic N) is 2. The molecule has 0 spiro atoms. The van der Waals surface area contributed by atoms with Crippen LogP contribution in [-0.4, -0.2) is 23.2 Å². The molecule has 7 aromatic rings. The summed E-state index contributed by atoms with van der Waals surface area (Å²) >= 11 is 0.0839. The fourth-order valence-electron chi connectivity index (χ4n) is 5.23. The van der Waals surface area contributed by atoms with Gasteiger partial charge in [0.2, 0.25) is 0 Å². The Balaban J connectivity index is 0.000000209. The third-order valence-electron chi connectivity index (χ3n) is 7.75. The number of fused-ring (bicyclic) bond motifs is 3. The molecule has 0 saturated heterocycles. The van der Waals surface area contributed by atoms with Crippen molar-refractivity contribution in [3.05, 3.63) is 139 Å². The molecule has 3 aromatic heterocycles. The zero-order valence-corrected chi connectivity index (χ0v) is 31.5. The summed E-state index contributed by atoms with van der Waals surface area (Å²) in [5, 5.41) is 2.49. The van der Waals surface area contributed by atoms with Crippen LogP contribution in [0, 0.1) is 12.1 Å². The maximum Gasteiger partial charge on any atom is 0 e. The molecule has 1 radical (unpaired) electrons. The number of thiophene rings is 1. The first kappa shape index (κ1) is 31.6. The van der Waals surface area contributed by atoms with E-state index < -0.39 is 19.2 Å². The Morgan fingerprint density at radius 1 is 0.733 bits per heavy atom. The van der Waals surface area contributed by atoms with Gasteiger partial charge in [-0.05, 0) is 38.9 Å². The number of aromatic nitrogens is 2. The first-order chi connectivity index (χ1) is 21.6. The van der Waals surface area contributed by atoms with E-state index in [1.807, 2.05) is 68.6 Å². The minimum Gasteiger partial charge on any atom is 0 e. The fraction of sp³-hybridized carbons (Fsp3) is 0.150. The number of rotatable bonds is 5. The Labute approximate surface area is 288 Å². The van der Waals surface area contributed by atoms with Gasteiger partial charge < -0.3 is 4.98 Å². The van der Waals surface area contributed by atoms with E-state index in [1.54, 1.807) is 17.5 Å². The van der Waals surface area contributed by atoms with Crippen LogP contribution in [0.1, 0.15) is 26.7 Å². The van der Waals surface area contributed by atoms with E-state index in [1.165, 1.54) is 35.7 Å². The van der Waals surface area contributed by atoms with Crippen molar-refractivity contribution in [3.63, 3.8) is 0 Å². The number of pyridine rings is 2. The van der Waals surface area contributed by atoms with Gasteiger partial charge in [-0.25, -0.2) is 0 Å². The Hall–Kier alpha value is -3.41. The molecule has 0 aliphatic rings. The molecule has 0 bridgehead atoms. The van der Waals surface area contributed by atoms with Gasteiger partial charge in [0.25, 0.3) is 0 Å². The predicted octanol–water partition coefficient (Wildman–Crippen LogP) is 10.8. The van der Waals surface area contributed by atoms with Gasteiger partial charge in [0.05, 0.1) is 0 Å². The first-order valence-corrected chi connectivity index (χ1v) is 23.1. The molecule has 227 valence electrons. The van der Waals surface area contributed by atoms with Crippen LogP contribution in [0.4, 0.5) is 0 Å². The minimum absolute atomic E-state index is 0. The van der Waals surface area contributed by atoms with E-state index in [9.17, 15) is 0 Å². The Kier molecular flexibility index (Phi) is 10.1. The second kappa shape index (κ2) is 14.3. The van der Waals surface area contributed by atoms with Crippen molar-refractivity contribution in [2.75, 3.05) is 0 Å². The fourth-order valence-corrected chi connectivity index (χ4v) is 8.74. The molecule has 0 amide bonds. The van der Waals surface area contributed by atoms with Gasteiger partial charge in [0.1, 0.15) is 0 Å². The Morgan fingerprint density at radius 3 is 2.20 bits per heavy atom. The average molecular weight is 843 g/mol. The summed E-state index contributed by atoms with van der Waals surface area (Å²) < 4.78 is 12.3. The zero-order chi connectivity index (χ0) is 31.6. The second-order valence-corrected chi connectivity index (χ2v) is 23.8. The van der Waals surface area contributed by atoms with Gasteiger partial charge in [-0.2, -0.15) is 11.3 Å². The quantitative estimate of drug-likeness (QED) is 0.127. The van der Waals surface area contributed by atoms with Gasteiger partial charge in [0, 0.05) is 32.4 Å². The monoisotopic (exact) mass is 844 g/mol. The van der Waals surface area contributed by atoms with Crippen LogP contribution in [0.25, 0.3) is 53.8 Å². The first-order valence-electron chi connectivity index (χ1n) is 15.4. The van der Waals surface area contributed by atoms with E-state index in [2.05, 4.69) is 100 Å². The van der Waals surface area contributed by atoms with E-state index in [4.69, 9.17) is 1.37 Å². The van der Waals surface area contributed by atoms with E-state index >= 15 is 0 Å². The van der Waals surface area contributed by atoms with Crippen LogP contribution < -0.4 is 4.40 Å². The van der Waals surface area contributed by atoms with Gasteiger partial charge >= 0.3 is 99.8 Å². The topological polar surface area (TPSA) is 25.8 Å². The molecule has 5 heteroatoms. The molecule has 45 heavy (non-hydrogen) atoms. The standard InChI is InChI=1S/C26H20NS.C14H16GeN.Ir/c1-17(2)19-14-15-27-24(16-19)23-13-7-12-22-21-11-6-10-20(25(21)28-26(22)23)18-8-4-3-5-9-18;1-15(2,3)13-9-10-14(16-11-13)12-7-5-4-6-8-12;/h3-12,14-17H,1-2H3;4-7,9-11H,1-3H3;/q2*-1;/i17D;;. The average Bonchev–Trinajstić information content (AvgIpc) is 3.44. The van der Waals surface area contributed by atoms with Crippen molar-refractivity contribution in [2.45, 2.75) is 37.0 Å². The summed E-state index contributed by atoms with van der Waals surface area (Å²) in [6, 6.07) is 44.0. The molecular formula is C40H36GeIrN2S-2. The molecule has 0 aliphatic heterocycles. The van der Waals surface area contributed by atoms with Gasteiger partial charge in [-0.1, -0.05) is 79.4 Å². The maximum atomic E-state index is 8.37. The third kappa shape index (κ3) is 7.37. The summed E-state index contributed by atoms with van der Waals surface area (Å²) in [5.74, 6) is 6.48. The molecule has 7 rings (SSSR count).